The van der Waals surface area contributed by atoms with Crippen LogP contribution in [0.4, 0.5) is 0 Å². The first-order valence-corrected chi connectivity index (χ1v) is 40.3. The molecule has 0 aliphatic carbocycles. The molecule has 0 spiro atoms. The van der Waals surface area contributed by atoms with E-state index >= 15 is 0 Å². The number of hydrogen-bond acceptors (Lipinski definition) is 8. The second-order valence-electron chi connectivity index (χ2n) is 27.4. The van der Waals surface area contributed by atoms with Crippen LogP contribution < -0.4 is 4.89 Å². The fraction of sp³-hybridized carbons (Fsp3) is 0.802. The molecule has 0 amide bonds. The van der Waals surface area contributed by atoms with Crippen LogP contribution in [0.2, 0.25) is 0 Å². The molecule has 0 bridgehead atoms. The van der Waals surface area contributed by atoms with E-state index in [1.54, 1.807) is 0 Å². The van der Waals surface area contributed by atoms with Crippen molar-refractivity contribution in [1.82, 2.24) is 0 Å². The number of esters is 2. The minimum absolute atomic E-state index is 0.0354. The molecule has 530 valence electrons. The van der Waals surface area contributed by atoms with Crippen LogP contribution in [0.3, 0.4) is 0 Å². The SMILES string of the molecule is CC/C=C\C/C=C\C/C=C\C/C=C\C/C=C\C/C=C\C/C=C\CCCCCCCCCC(=O)OC(COC(=O)CCCCCCCCCCCCCCCCCCCCCCCCCCCCCCCCCCCCCCCC)COP(=O)([O-])OCC[N+](C)(C)C. The number of rotatable bonds is 72. The van der Waals surface area contributed by atoms with Crippen molar-refractivity contribution in [2.75, 3.05) is 47.5 Å². The Morgan fingerprint density at radius 3 is 0.934 bits per heavy atom. The number of unbranched alkanes of at least 4 members (excludes halogenated alkanes) is 44. The summed E-state index contributed by atoms with van der Waals surface area (Å²) < 4.78 is 34.4. The standard InChI is InChI=1S/C81H148NO8P/c1-6-8-10-12-14-16-18-20-22-24-26-28-30-32-34-36-37-38-39-40-41-42-43-44-46-47-49-51-53-55-57-59-61-63-65-67-69-71-73-80(83)87-77-79(78-89-91(85,86)88-76-75-82(3,4)5)90-81(84)74-72-70-68-66-64-62-60-58-56-54-52-50-48-45-35-33-31-29-27-25-23-21-19-17-15-13-11-9-7-2/h9,11,15,17,21,23,27,29,33,35,48,50,54,56,79H,6-8,10,12-14,16,18-20,22,24-26,28,30-32,34,36-47,49,51-53,55,57-78H2,1-5H3/b11-9-,17-15-,23-21-,29-27-,35-33-,50-48-,56-54-. The molecule has 2 atom stereocenters. The van der Waals surface area contributed by atoms with Crippen molar-refractivity contribution in [2.24, 2.45) is 0 Å². The summed E-state index contributed by atoms with van der Waals surface area (Å²) in [4.78, 5) is 38.1. The Labute approximate surface area is 564 Å². The van der Waals surface area contributed by atoms with E-state index in [0.717, 1.165) is 89.9 Å². The van der Waals surface area contributed by atoms with Crippen molar-refractivity contribution in [3.8, 4) is 0 Å². The van der Waals surface area contributed by atoms with Crippen LogP contribution in [0.15, 0.2) is 85.1 Å². The molecule has 0 aromatic rings. The van der Waals surface area contributed by atoms with Crippen molar-refractivity contribution in [3.05, 3.63) is 85.1 Å². The van der Waals surface area contributed by atoms with Gasteiger partial charge in [0.15, 0.2) is 6.10 Å². The van der Waals surface area contributed by atoms with E-state index in [1.165, 1.54) is 244 Å². The summed E-state index contributed by atoms with van der Waals surface area (Å²) in [5, 5.41) is 0. The predicted octanol–water partition coefficient (Wildman–Crippen LogP) is 25.0. The van der Waals surface area contributed by atoms with Gasteiger partial charge in [-0.15, -0.1) is 0 Å². The van der Waals surface area contributed by atoms with Crippen molar-refractivity contribution < 1.29 is 42.1 Å². The molecule has 0 aromatic heterocycles. The van der Waals surface area contributed by atoms with Gasteiger partial charge in [-0.1, -0.05) is 369 Å². The number of phosphoric ester groups is 1. The second kappa shape index (κ2) is 71.5. The largest absolute Gasteiger partial charge is 0.756 e. The second-order valence-corrected chi connectivity index (χ2v) is 28.8. The number of nitrogens with zero attached hydrogens (tertiary/aromatic N) is 1. The lowest BCUT2D eigenvalue weighted by molar-refractivity contribution is -0.870. The van der Waals surface area contributed by atoms with Gasteiger partial charge in [-0.3, -0.25) is 14.2 Å². The Morgan fingerprint density at radius 1 is 0.352 bits per heavy atom. The quantitative estimate of drug-likeness (QED) is 0.0195. The van der Waals surface area contributed by atoms with Gasteiger partial charge in [-0.05, 0) is 70.6 Å². The molecule has 91 heavy (non-hydrogen) atoms. The third-order valence-electron chi connectivity index (χ3n) is 17.2. The Kier molecular flexibility index (Phi) is 69.3. The van der Waals surface area contributed by atoms with E-state index < -0.39 is 26.5 Å². The molecule has 0 rings (SSSR count). The summed E-state index contributed by atoms with van der Waals surface area (Å²) in [5.41, 5.74) is 0. The van der Waals surface area contributed by atoms with Gasteiger partial charge in [0.05, 0.1) is 27.7 Å². The predicted molar refractivity (Wildman–Crippen MR) is 393 cm³/mol. The highest BCUT2D eigenvalue weighted by Gasteiger charge is 2.22. The molecule has 0 heterocycles. The van der Waals surface area contributed by atoms with E-state index in [2.05, 4.69) is 98.9 Å². The van der Waals surface area contributed by atoms with E-state index in [1.807, 2.05) is 21.1 Å². The van der Waals surface area contributed by atoms with E-state index in [4.69, 9.17) is 18.5 Å². The van der Waals surface area contributed by atoms with Gasteiger partial charge in [0.1, 0.15) is 19.8 Å². The minimum Gasteiger partial charge on any atom is -0.756 e. The van der Waals surface area contributed by atoms with Crippen molar-refractivity contribution in [3.63, 3.8) is 0 Å². The number of quaternary nitrogens is 1. The Morgan fingerprint density at radius 2 is 0.626 bits per heavy atom. The molecular formula is C81H148NO8P. The highest BCUT2D eigenvalue weighted by Crippen LogP contribution is 2.38. The van der Waals surface area contributed by atoms with Crippen LogP contribution in [-0.2, 0) is 32.7 Å². The molecule has 0 radical (unpaired) electrons. The van der Waals surface area contributed by atoms with Gasteiger partial charge in [-0.2, -0.15) is 0 Å². The van der Waals surface area contributed by atoms with Crippen molar-refractivity contribution >= 4 is 19.8 Å². The number of likely N-dealkylation sites (N-methyl/N-ethyl adjacent to an activating group) is 1. The smallest absolute Gasteiger partial charge is 0.306 e. The van der Waals surface area contributed by atoms with Crippen LogP contribution in [0, 0.1) is 0 Å². The van der Waals surface area contributed by atoms with Gasteiger partial charge >= 0.3 is 11.9 Å². The van der Waals surface area contributed by atoms with E-state index in [9.17, 15) is 19.0 Å². The molecule has 0 saturated heterocycles. The topological polar surface area (TPSA) is 111 Å². The zero-order valence-electron chi connectivity index (χ0n) is 60.5. The number of ether oxygens (including phenoxy) is 2. The lowest BCUT2D eigenvalue weighted by Crippen LogP contribution is -2.37. The first-order chi connectivity index (χ1) is 44.5. The summed E-state index contributed by atoms with van der Waals surface area (Å²) in [5.74, 6) is -0.835. The molecule has 9 nitrogen and oxygen atoms in total. The average Bonchev–Trinajstić information content (AvgIpc) is 3.74. The third kappa shape index (κ3) is 76.1. The summed E-state index contributed by atoms with van der Waals surface area (Å²) in [6.07, 6.45) is 98.5. The summed E-state index contributed by atoms with van der Waals surface area (Å²) >= 11 is 0. The monoisotopic (exact) mass is 1290 g/mol. The number of hydrogen-bond donors (Lipinski definition) is 0. The van der Waals surface area contributed by atoms with Gasteiger partial charge in [-0.25, -0.2) is 0 Å². The average molecular weight is 1300 g/mol. The van der Waals surface area contributed by atoms with Crippen LogP contribution >= 0.6 is 7.82 Å². The Bertz CT molecular complexity index is 1810. The highest BCUT2D eigenvalue weighted by molar-refractivity contribution is 7.45. The molecule has 0 N–H and O–H groups in total. The summed E-state index contributed by atoms with van der Waals surface area (Å²) in [6, 6.07) is 0. The normalized spacial score (nSPS) is 13.5. The molecular weight excluding hydrogens is 1150 g/mol. The molecule has 0 saturated carbocycles. The van der Waals surface area contributed by atoms with Crippen molar-refractivity contribution in [1.29, 1.82) is 0 Å². The van der Waals surface area contributed by atoms with Crippen LogP contribution in [-0.4, -0.2) is 70.0 Å². The van der Waals surface area contributed by atoms with Gasteiger partial charge in [0.2, 0.25) is 0 Å². The molecule has 0 aliphatic rings. The van der Waals surface area contributed by atoms with E-state index in [-0.39, 0.29) is 32.0 Å². The maximum Gasteiger partial charge on any atom is 0.306 e. The number of allylic oxidation sites excluding steroid dienone is 14. The zero-order chi connectivity index (χ0) is 66.2. The summed E-state index contributed by atoms with van der Waals surface area (Å²) in [6.45, 7) is 4.16. The minimum atomic E-state index is -4.65. The zero-order valence-corrected chi connectivity index (χ0v) is 61.4. The molecule has 0 aromatic carbocycles. The maximum atomic E-state index is 12.9. The number of carbonyl (C=O) groups excluding carboxylic acids is 2. The van der Waals surface area contributed by atoms with Gasteiger partial charge in [0.25, 0.3) is 7.82 Å². The van der Waals surface area contributed by atoms with Crippen molar-refractivity contribution in [2.45, 2.75) is 373 Å². The fourth-order valence-corrected chi connectivity index (χ4v) is 12.0. The molecule has 10 heteroatoms. The van der Waals surface area contributed by atoms with Crippen LogP contribution in [0.1, 0.15) is 367 Å². The molecule has 2 unspecified atom stereocenters. The van der Waals surface area contributed by atoms with Crippen LogP contribution in [0.5, 0.6) is 0 Å². The van der Waals surface area contributed by atoms with Gasteiger partial charge < -0.3 is 27.9 Å². The molecule has 0 fully saturated rings. The maximum absolute atomic E-state index is 12.9. The Balaban J connectivity index is 3.96. The van der Waals surface area contributed by atoms with Crippen LogP contribution in [0.25, 0.3) is 0 Å². The highest BCUT2D eigenvalue weighted by atomic mass is 31.2. The number of carbonyl (C=O) groups is 2. The first kappa shape index (κ1) is 88.2. The molecule has 0 aliphatic heterocycles. The van der Waals surface area contributed by atoms with Gasteiger partial charge in [0, 0.05) is 12.8 Å². The third-order valence-corrected chi connectivity index (χ3v) is 18.1. The Hall–Kier alpha value is -2.81. The lowest BCUT2D eigenvalue weighted by Gasteiger charge is -2.28. The lowest BCUT2D eigenvalue weighted by atomic mass is 10.0. The fourth-order valence-electron chi connectivity index (χ4n) is 11.3. The first-order valence-electron chi connectivity index (χ1n) is 38.8. The van der Waals surface area contributed by atoms with E-state index in [0.29, 0.717) is 17.4 Å². The number of phosphoric acid groups is 1. The summed E-state index contributed by atoms with van der Waals surface area (Å²) in [7, 11) is 1.16.